The maximum Gasteiger partial charge on any atom is 0.249 e. The van der Waals surface area contributed by atoms with Gasteiger partial charge < -0.3 is 21.9 Å². The molecule has 0 amide bonds. The van der Waals surface area contributed by atoms with Crippen LogP contribution in [-0.4, -0.2) is 9.97 Å². The topological polar surface area (TPSA) is 113 Å². The molecule has 1 aromatic carbocycles. The Hall–Kier alpha value is -2.50. The fourth-order valence-corrected chi connectivity index (χ4v) is 1.35. The summed E-state index contributed by atoms with van der Waals surface area (Å²) >= 11 is 0. The van der Waals surface area contributed by atoms with Gasteiger partial charge in [0.15, 0.2) is 5.82 Å². The van der Waals surface area contributed by atoms with Gasteiger partial charge in [0, 0.05) is 0 Å². The highest BCUT2D eigenvalue weighted by Gasteiger charge is 2.10. The van der Waals surface area contributed by atoms with Crippen LogP contribution in [0.4, 0.5) is 17.5 Å². The summed E-state index contributed by atoms with van der Waals surface area (Å²) in [6.45, 7) is 1.96. The predicted molar refractivity (Wildman–Crippen MR) is 66.5 cm³/mol. The summed E-state index contributed by atoms with van der Waals surface area (Å²) in [5, 5.41) is 0. The quantitative estimate of drug-likeness (QED) is 0.718. The van der Waals surface area contributed by atoms with Gasteiger partial charge in [-0.2, -0.15) is 9.97 Å². The van der Waals surface area contributed by atoms with Crippen molar-refractivity contribution in [3.05, 3.63) is 29.8 Å². The van der Waals surface area contributed by atoms with Crippen LogP contribution in [0.3, 0.4) is 0 Å². The number of aryl methyl sites for hydroxylation is 1. The lowest BCUT2D eigenvalue weighted by atomic mass is 10.2. The zero-order chi connectivity index (χ0) is 12.4. The van der Waals surface area contributed by atoms with Crippen molar-refractivity contribution in [3.63, 3.8) is 0 Å². The molecule has 6 heteroatoms. The average Bonchev–Trinajstić information content (AvgIpc) is 2.25. The van der Waals surface area contributed by atoms with E-state index in [-0.39, 0.29) is 23.3 Å². The van der Waals surface area contributed by atoms with E-state index in [2.05, 4.69) is 9.97 Å². The second kappa shape index (κ2) is 4.17. The number of ether oxygens (including phenoxy) is 1. The second-order valence-electron chi connectivity index (χ2n) is 3.60. The van der Waals surface area contributed by atoms with E-state index in [0.717, 1.165) is 5.56 Å². The maximum atomic E-state index is 5.71. The first kappa shape index (κ1) is 11.0. The highest BCUT2D eigenvalue weighted by Crippen LogP contribution is 2.29. The van der Waals surface area contributed by atoms with Crippen LogP contribution >= 0.6 is 0 Å². The van der Waals surface area contributed by atoms with Crippen LogP contribution in [0, 0.1) is 6.92 Å². The first-order valence-corrected chi connectivity index (χ1v) is 4.99. The number of hydrogen-bond donors (Lipinski definition) is 3. The van der Waals surface area contributed by atoms with Crippen molar-refractivity contribution < 1.29 is 4.74 Å². The number of benzene rings is 1. The number of aromatic nitrogens is 2. The lowest BCUT2D eigenvalue weighted by Gasteiger charge is -2.09. The molecule has 2 rings (SSSR count). The molecule has 0 aliphatic heterocycles. The number of hydrogen-bond acceptors (Lipinski definition) is 6. The van der Waals surface area contributed by atoms with Gasteiger partial charge in [-0.3, -0.25) is 0 Å². The SMILES string of the molecule is Cc1cccc(Oc2nc(N)nc(N)c2N)c1. The number of anilines is 3. The number of nitrogen functional groups attached to an aromatic ring is 3. The minimum absolute atomic E-state index is 0.0272. The summed E-state index contributed by atoms with van der Waals surface area (Å²) in [5.74, 6) is 0.925. The molecule has 1 aromatic heterocycles. The molecule has 17 heavy (non-hydrogen) atoms. The van der Waals surface area contributed by atoms with Gasteiger partial charge >= 0.3 is 0 Å². The van der Waals surface area contributed by atoms with Crippen molar-refractivity contribution in [2.24, 2.45) is 0 Å². The third-order valence-electron chi connectivity index (χ3n) is 2.16. The fraction of sp³-hybridized carbons (Fsp3) is 0.0909. The lowest BCUT2D eigenvalue weighted by Crippen LogP contribution is -2.06. The molecule has 0 aliphatic rings. The summed E-state index contributed by atoms with van der Waals surface area (Å²) in [4.78, 5) is 7.63. The summed E-state index contributed by atoms with van der Waals surface area (Å²) < 4.78 is 5.52. The molecule has 0 spiro atoms. The Labute approximate surface area is 98.4 Å². The first-order valence-electron chi connectivity index (χ1n) is 4.99. The largest absolute Gasteiger partial charge is 0.437 e. The van der Waals surface area contributed by atoms with Gasteiger partial charge in [-0.05, 0) is 24.6 Å². The molecule has 0 bridgehead atoms. The molecule has 0 unspecified atom stereocenters. The van der Waals surface area contributed by atoms with Crippen molar-refractivity contribution >= 4 is 17.5 Å². The van der Waals surface area contributed by atoms with E-state index in [4.69, 9.17) is 21.9 Å². The number of nitrogens with zero attached hydrogens (tertiary/aromatic N) is 2. The molecule has 0 saturated heterocycles. The van der Waals surface area contributed by atoms with Crippen molar-refractivity contribution in [2.45, 2.75) is 6.92 Å². The van der Waals surface area contributed by atoms with Gasteiger partial charge in [-0.25, -0.2) is 0 Å². The van der Waals surface area contributed by atoms with Crippen LogP contribution in [0.5, 0.6) is 11.6 Å². The van der Waals surface area contributed by atoms with Gasteiger partial charge in [0.05, 0.1) is 0 Å². The highest BCUT2D eigenvalue weighted by molar-refractivity contribution is 5.66. The first-order chi connectivity index (χ1) is 8.06. The normalized spacial score (nSPS) is 10.2. The molecule has 0 radical (unpaired) electrons. The van der Waals surface area contributed by atoms with E-state index in [1.807, 2.05) is 25.1 Å². The van der Waals surface area contributed by atoms with Gasteiger partial charge in [-0.15, -0.1) is 0 Å². The van der Waals surface area contributed by atoms with E-state index in [9.17, 15) is 0 Å². The smallest absolute Gasteiger partial charge is 0.249 e. The van der Waals surface area contributed by atoms with E-state index in [1.54, 1.807) is 6.07 Å². The molecule has 0 fully saturated rings. The predicted octanol–water partition coefficient (Wildman–Crippen LogP) is 1.32. The third-order valence-corrected chi connectivity index (χ3v) is 2.16. The van der Waals surface area contributed by atoms with E-state index >= 15 is 0 Å². The van der Waals surface area contributed by atoms with Gasteiger partial charge in [-0.1, -0.05) is 12.1 Å². The molecule has 2 aromatic rings. The Bertz CT molecular complexity index is 556. The minimum atomic E-state index is 0.0272. The van der Waals surface area contributed by atoms with Crippen LogP contribution in [-0.2, 0) is 0 Å². The van der Waals surface area contributed by atoms with E-state index in [1.165, 1.54) is 0 Å². The summed E-state index contributed by atoms with van der Waals surface area (Å²) in [6, 6.07) is 7.47. The Kier molecular flexibility index (Phi) is 2.70. The Morgan fingerprint density at radius 2 is 1.88 bits per heavy atom. The maximum absolute atomic E-state index is 5.71. The van der Waals surface area contributed by atoms with Crippen LogP contribution in [0.2, 0.25) is 0 Å². The monoisotopic (exact) mass is 231 g/mol. The summed E-state index contributed by atoms with van der Waals surface area (Å²) in [5.41, 5.74) is 18.0. The molecule has 88 valence electrons. The van der Waals surface area contributed by atoms with Gasteiger partial charge in [0.25, 0.3) is 0 Å². The second-order valence-corrected chi connectivity index (χ2v) is 3.60. The van der Waals surface area contributed by atoms with Crippen LogP contribution < -0.4 is 21.9 Å². The molecule has 0 saturated carbocycles. The van der Waals surface area contributed by atoms with E-state index < -0.39 is 0 Å². The average molecular weight is 231 g/mol. The van der Waals surface area contributed by atoms with Crippen molar-refractivity contribution in [1.29, 1.82) is 0 Å². The van der Waals surface area contributed by atoms with E-state index in [0.29, 0.717) is 5.75 Å². The lowest BCUT2D eigenvalue weighted by molar-refractivity contribution is 0.465. The molecule has 0 aliphatic carbocycles. The summed E-state index contributed by atoms with van der Waals surface area (Å²) in [7, 11) is 0. The highest BCUT2D eigenvalue weighted by atomic mass is 16.5. The minimum Gasteiger partial charge on any atom is -0.437 e. The van der Waals surface area contributed by atoms with Crippen molar-refractivity contribution in [1.82, 2.24) is 9.97 Å². The molecule has 6 nitrogen and oxygen atoms in total. The van der Waals surface area contributed by atoms with Crippen LogP contribution in [0.15, 0.2) is 24.3 Å². The van der Waals surface area contributed by atoms with Crippen LogP contribution in [0.1, 0.15) is 5.56 Å². The Morgan fingerprint density at radius 3 is 2.59 bits per heavy atom. The summed E-state index contributed by atoms with van der Waals surface area (Å²) in [6.07, 6.45) is 0. The van der Waals surface area contributed by atoms with Gasteiger partial charge in [0.1, 0.15) is 11.4 Å². The molecule has 6 N–H and O–H groups in total. The Balaban J connectivity index is 2.36. The zero-order valence-electron chi connectivity index (χ0n) is 9.34. The third kappa shape index (κ3) is 2.36. The molecular weight excluding hydrogens is 218 g/mol. The molecule has 1 heterocycles. The van der Waals surface area contributed by atoms with Crippen molar-refractivity contribution in [2.75, 3.05) is 17.2 Å². The Morgan fingerprint density at radius 1 is 1.12 bits per heavy atom. The molecule has 0 atom stereocenters. The molecular formula is C11H13N5O. The van der Waals surface area contributed by atoms with Crippen molar-refractivity contribution in [3.8, 4) is 11.6 Å². The number of rotatable bonds is 2. The van der Waals surface area contributed by atoms with Gasteiger partial charge in [0.2, 0.25) is 11.8 Å². The standard InChI is InChI=1S/C11H13N5O/c1-6-3-2-4-7(5-6)17-10-8(12)9(13)15-11(14)16-10/h2-5H,12H2,1H3,(H4,13,14,15,16). The number of nitrogens with two attached hydrogens (primary N) is 3. The fourth-order valence-electron chi connectivity index (χ4n) is 1.35. The zero-order valence-corrected chi connectivity index (χ0v) is 9.34. The van der Waals surface area contributed by atoms with Crippen LogP contribution in [0.25, 0.3) is 0 Å².